The average molecular weight is 461 g/mol. The highest BCUT2D eigenvalue weighted by Crippen LogP contribution is 2.32. The molecule has 31 heavy (non-hydrogen) atoms. The normalized spacial score (nSPS) is 11.1. The van der Waals surface area contributed by atoms with Crippen molar-refractivity contribution in [1.82, 2.24) is 0 Å². The maximum absolute atomic E-state index is 13.2. The molecule has 164 valence electrons. The smallest absolute Gasteiger partial charge is 0.267 e. The summed E-state index contributed by atoms with van der Waals surface area (Å²) in [4.78, 5) is 12.9. The van der Waals surface area contributed by atoms with E-state index < -0.39 is 15.9 Å². The minimum absolute atomic E-state index is 0.0439. The maximum atomic E-state index is 13.2. The number of amides is 1. The first-order valence-electron chi connectivity index (χ1n) is 9.50. The molecule has 3 rings (SSSR count). The van der Waals surface area contributed by atoms with Crippen LogP contribution >= 0.6 is 11.3 Å². The molecule has 0 atom stereocenters. The van der Waals surface area contributed by atoms with Crippen LogP contribution in [-0.4, -0.2) is 35.6 Å². The Morgan fingerprint density at radius 2 is 1.71 bits per heavy atom. The molecule has 1 amide bonds. The van der Waals surface area contributed by atoms with Gasteiger partial charge in [0, 0.05) is 18.8 Å². The fraction of sp³-hybridized carbons (Fsp3) is 0.227. The third kappa shape index (κ3) is 4.67. The Labute approximate surface area is 186 Å². The predicted molar refractivity (Wildman–Crippen MR) is 123 cm³/mol. The number of ether oxygens (including phenoxy) is 2. The second kappa shape index (κ2) is 9.40. The van der Waals surface area contributed by atoms with E-state index in [4.69, 9.17) is 9.47 Å². The summed E-state index contributed by atoms with van der Waals surface area (Å²) in [6.07, 6.45) is 0.863. The van der Waals surface area contributed by atoms with Crippen LogP contribution in [-0.2, 0) is 16.4 Å². The van der Waals surface area contributed by atoms with Crippen molar-refractivity contribution in [3.05, 3.63) is 64.4 Å². The van der Waals surface area contributed by atoms with Crippen molar-refractivity contribution in [3.8, 4) is 11.5 Å². The quantitative estimate of drug-likeness (QED) is 0.538. The maximum Gasteiger partial charge on any atom is 0.267 e. The van der Waals surface area contributed by atoms with Gasteiger partial charge in [0.15, 0.2) is 11.5 Å². The van der Waals surface area contributed by atoms with Gasteiger partial charge in [-0.3, -0.25) is 9.10 Å². The van der Waals surface area contributed by atoms with Gasteiger partial charge in [0.25, 0.3) is 15.9 Å². The molecule has 9 heteroatoms. The number of carbonyl (C=O) groups excluding carboxylic acids is 1. The molecule has 7 nitrogen and oxygen atoms in total. The second-order valence-electron chi connectivity index (χ2n) is 6.63. The molecule has 0 unspecified atom stereocenters. The summed E-state index contributed by atoms with van der Waals surface area (Å²) in [6, 6.07) is 13.7. The molecule has 0 bridgehead atoms. The zero-order chi connectivity index (χ0) is 22.6. The summed E-state index contributed by atoms with van der Waals surface area (Å²) in [6.45, 7) is 2.03. The number of rotatable bonds is 8. The molecule has 1 heterocycles. The fourth-order valence-electron chi connectivity index (χ4n) is 3.00. The van der Waals surface area contributed by atoms with Crippen molar-refractivity contribution in [3.63, 3.8) is 0 Å². The minimum atomic E-state index is -3.92. The first-order chi connectivity index (χ1) is 14.8. The van der Waals surface area contributed by atoms with Gasteiger partial charge in [-0.1, -0.05) is 19.1 Å². The van der Waals surface area contributed by atoms with Crippen LogP contribution < -0.4 is 19.1 Å². The monoisotopic (exact) mass is 460 g/mol. The van der Waals surface area contributed by atoms with Gasteiger partial charge in [-0.2, -0.15) is 0 Å². The number of nitrogens with one attached hydrogen (secondary N) is 1. The van der Waals surface area contributed by atoms with Gasteiger partial charge in [0.1, 0.15) is 9.77 Å². The zero-order valence-electron chi connectivity index (χ0n) is 17.7. The number of methoxy groups -OCH3 is 2. The lowest BCUT2D eigenvalue weighted by Crippen LogP contribution is -2.28. The molecular weight excluding hydrogens is 436 g/mol. The predicted octanol–water partition coefficient (Wildman–Crippen LogP) is 4.41. The van der Waals surface area contributed by atoms with Crippen LogP contribution in [0.3, 0.4) is 0 Å². The lowest BCUT2D eigenvalue weighted by molar-refractivity contribution is 0.102. The van der Waals surface area contributed by atoms with E-state index in [1.807, 2.05) is 19.1 Å². The first-order valence-corrected chi connectivity index (χ1v) is 11.8. The number of sulfonamides is 1. The van der Waals surface area contributed by atoms with Crippen LogP contribution in [0, 0.1) is 0 Å². The molecule has 0 aliphatic rings. The van der Waals surface area contributed by atoms with Gasteiger partial charge >= 0.3 is 0 Å². The van der Waals surface area contributed by atoms with Crippen molar-refractivity contribution >= 4 is 38.6 Å². The number of aryl methyl sites for hydroxylation is 1. The van der Waals surface area contributed by atoms with E-state index in [1.165, 1.54) is 31.6 Å². The summed E-state index contributed by atoms with van der Waals surface area (Å²) in [5, 5.41) is 4.32. The Bertz CT molecular complexity index is 1170. The van der Waals surface area contributed by atoms with E-state index >= 15 is 0 Å². The van der Waals surface area contributed by atoms with E-state index in [9.17, 15) is 13.2 Å². The number of carbonyl (C=O) groups is 1. The van der Waals surface area contributed by atoms with Crippen LogP contribution in [0.1, 0.15) is 22.2 Å². The summed E-state index contributed by atoms with van der Waals surface area (Å²) in [5.41, 5.74) is 2.10. The molecule has 0 aliphatic carbocycles. The number of anilines is 2. The second-order valence-corrected chi connectivity index (χ2v) is 9.48. The van der Waals surface area contributed by atoms with E-state index in [0.717, 1.165) is 23.3 Å². The number of thiophene rings is 1. The van der Waals surface area contributed by atoms with E-state index in [1.54, 1.807) is 35.7 Å². The Kier molecular flexibility index (Phi) is 6.87. The average Bonchev–Trinajstić information content (AvgIpc) is 3.29. The Balaban J connectivity index is 1.87. The zero-order valence-corrected chi connectivity index (χ0v) is 19.3. The van der Waals surface area contributed by atoms with Gasteiger partial charge in [0.05, 0.1) is 19.9 Å². The first kappa shape index (κ1) is 22.6. The summed E-state index contributed by atoms with van der Waals surface area (Å²) in [7, 11) is 0.570. The molecule has 0 saturated carbocycles. The number of nitrogens with zero attached hydrogens (tertiary/aromatic N) is 1. The van der Waals surface area contributed by atoms with Crippen LogP contribution in [0.4, 0.5) is 11.4 Å². The summed E-state index contributed by atoms with van der Waals surface area (Å²) < 4.78 is 38.1. The highest BCUT2D eigenvalue weighted by atomic mass is 32.2. The minimum Gasteiger partial charge on any atom is -0.493 e. The highest BCUT2D eigenvalue weighted by molar-refractivity contribution is 7.93. The third-order valence-electron chi connectivity index (χ3n) is 4.82. The van der Waals surface area contributed by atoms with Crippen LogP contribution in [0.5, 0.6) is 11.5 Å². The number of hydrogen-bond donors (Lipinski definition) is 1. The Morgan fingerprint density at radius 1 is 1.03 bits per heavy atom. The van der Waals surface area contributed by atoms with Gasteiger partial charge in [-0.05, 0) is 47.7 Å². The number of hydrogen-bond acceptors (Lipinski definition) is 6. The van der Waals surface area contributed by atoms with Crippen molar-refractivity contribution in [2.24, 2.45) is 0 Å². The summed E-state index contributed by atoms with van der Waals surface area (Å²) >= 11 is 1.07. The van der Waals surface area contributed by atoms with E-state index in [2.05, 4.69) is 5.32 Å². The van der Waals surface area contributed by atoms with Crippen molar-refractivity contribution in [2.45, 2.75) is 18.2 Å². The van der Waals surface area contributed by atoms with Gasteiger partial charge in [0.2, 0.25) is 0 Å². The van der Waals surface area contributed by atoms with Crippen LogP contribution in [0.15, 0.2) is 58.8 Å². The van der Waals surface area contributed by atoms with Gasteiger partial charge < -0.3 is 14.8 Å². The van der Waals surface area contributed by atoms with Crippen molar-refractivity contribution in [2.75, 3.05) is 30.9 Å². The van der Waals surface area contributed by atoms with Crippen molar-refractivity contribution in [1.29, 1.82) is 0 Å². The molecule has 0 radical (unpaired) electrons. The number of benzene rings is 2. The van der Waals surface area contributed by atoms with Gasteiger partial charge in [-0.15, -0.1) is 11.3 Å². The Hall–Kier alpha value is -3.04. The van der Waals surface area contributed by atoms with Crippen molar-refractivity contribution < 1.29 is 22.7 Å². The van der Waals surface area contributed by atoms with E-state index in [-0.39, 0.29) is 9.77 Å². The molecule has 0 saturated heterocycles. The molecule has 1 aromatic heterocycles. The largest absolute Gasteiger partial charge is 0.493 e. The highest BCUT2D eigenvalue weighted by Gasteiger charge is 2.28. The third-order valence-corrected chi connectivity index (χ3v) is 7.69. The van der Waals surface area contributed by atoms with E-state index in [0.29, 0.717) is 22.9 Å². The topological polar surface area (TPSA) is 84.9 Å². The SMILES string of the molecule is CCc1ccc(N(C)S(=O)(=O)c2ccsc2C(=O)Nc2ccc(OC)c(OC)c2)cc1. The molecule has 3 aromatic rings. The Morgan fingerprint density at radius 3 is 2.32 bits per heavy atom. The van der Waals surface area contributed by atoms with Crippen LogP contribution in [0.2, 0.25) is 0 Å². The lowest BCUT2D eigenvalue weighted by Gasteiger charge is -2.20. The molecular formula is C22H24N2O5S2. The van der Waals surface area contributed by atoms with Crippen LogP contribution in [0.25, 0.3) is 0 Å². The lowest BCUT2D eigenvalue weighted by atomic mass is 10.1. The van der Waals surface area contributed by atoms with Gasteiger partial charge in [-0.25, -0.2) is 8.42 Å². The molecule has 0 spiro atoms. The fourth-order valence-corrected chi connectivity index (χ4v) is 5.49. The molecule has 0 aliphatic heterocycles. The summed E-state index contributed by atoms with van der Waals surface area (Å²) in [5.74, 6) is 0.459. The molecule has 0 fully saturated rings. The molecule has 2 aromatic carbocycles. The molecule has 1 N–H and O–H groups in total. The standard InChI is InChI=1S/C22H24N2O5S2/c1-5-15-6-9-17(10-7-15)24(2)31(26,27)20-12-13-30-21(20)22(25)23-16-8-11-18(28-3)19(14-16)29-4/h6-14H,5H2,1-4H3,(H,23,25).